The molecular formula is C15H28N2O3. The topological polar surface area (TPSA) is 61.8 Å². The van der Waals surface area contributed by atoms with Gasteiger partial charge in [0, 0.05) is 32.8 Å². The number of carbonyl (C=O) groups is 1. The summed E-state index contributed by atoms with van der Waals surface area (Å²) >= 11 is 0. The van der Waals surface area contributed by atoms with Crippen LogP contribution in [0.25, 0.3) is 0 Å². The van der Waals surface area contributed by atoms with Gasteiger partial charge in [-0.1, -0.05) is 6.92 Å². The Morgan fingerprint density at radius 2 is 2.05 bits per heavy atom. The van der Waals surface area contributed by atoms with E-state index in [0.29, 0.717) is 6.54 Å². The molecule has 0 spiro atoms. The smallest absolute Gasteiger partial charge is 0.317 e. The van der Waals surface area contributed by atoms with E-state index in [9.17, 15) is 9.90 Å². The number of carbonyl (C=O) groups excluding carboxylic acids is 1. The van der Waals surface area contributed by atoms with Crippen LogP contribution in [0, 0.1) is 5.41 Å². The number of aliphatic hydroxyl groups excluding tert-OH is 1. The Morgan fingerprint density at radius 3 is 2.55 bits per heavy atom. The van der Waals surface area contributed by atoms with Crippen LogP contribution in [0.15, 0.2) is 0 Å². The van der Waals surface area contributed by atoms with Crippen LogP contribution in [0.2, 0.25) is 0 Å². The van der Waals surface area contributed by atoms with Gasteiger partial charge in [-0.05, 0) is 44.4 Å². The van der Waals surface area contributed by atoms with E-state index in [4.69, 9.17) is 4.74 Å². The second kappa shape index (κ2) is 6.31. The fraction of sp³-hybridized carbons (Fsp3) is 0.933. The van der Waals surface area contributed by atoms with Gasteiger partial charge in [-0.25, -0.2) is 4.79 Å². The Hall–Kier alpha value is -0.810. The Morgan fingerprint density at radius 1 is 1.35 bits per heavy atom. The second-order valence-electron chi connectivity index (χ2n) is 6.56. The minimum absolute atomic E-state index is 0.00404. The molecule has 2 N–H and O–H groups in total. The van der Waals surface area contributed by atoms with Crippen molar-refractivity contribution >= 4 is 6.03 Å². The largest absolute Gasteiger partial charge is 0.396 e. The van der Waals surface area contributed by atoms with E-state index in [-0.39, 0.29) is 23.7 Å². The van der Waals surface area contributed by atoms with E-state index >= 15 is 0 Å². The van der Waals surface area contributed by atoms with Gasteiger partial charge in [0.05, 0.1) is 5.60 Å². The summed E-state index contributed by atoms with van der Waals surface area (Å²) in [7, 11) is 0. The maximum Gasteiger partial charge on any atom is 0.317 e. The summed E-state index contributed by atoms with van der Waals surface area (Å²) in [6.07, 6.45) is 4.84. The predicted molar refractivity (Wildman–Crippen MR) is 77.6 cm³/mol. The monoisotopic (exact) mass is 284 g/mol. The van der Waals surface area contributed by atoms with Gasteiger partial charge in [-0.15, -0.1) is 0 Å². The summed E-state index contributed by atoms with van der Waals surface area (Å²) < 4.78 is 5.68. The first-order chi connectivity index (χ1) is 9.52. The highest BCUT2D eigenvalue weighted by Gasteiger charge is 2.35. The first-order valence-corrected chi connectivity index (χ1v) is 7.80. The first-order valence-electron chi connectivity index (χ1n) is 7.80. The van der Waals surface area contributed by atoms with Gasteiger partial charge in [0.25, 0.3) is 0 Å². The number of amides is 2. The van der Waals surface area contributed by atoms with Crippen LogP contribution in [0.5, 0.6) is 0 Å². The Balaban J connectivity index is 1.77. The molecule has 2 heterocycles. The van der Waals surface area contributed by atoms with E-state index in [1.54, 1.807) is 0 Å². The van der Waals surface area contributed by atoms with Crippen molar-refractivity contribution in [1.82, 2.24) is 10.2 Å². The van der Waals surface area contributed by atoms with Crippen LogP contribution in [0.4, 0.5) is 4.79 Å². The van der Waals surface area contributed by atoms with Crippen molar-refractivity contribution in [2.45, 2.75) is 51.6 Å². The lowest BCUT2D eigenvalue weighted by Crippen LogP contribution is -2.51. The number of hydrogen-bond acceptors (Lipinski definition) is 3. The minimum atomic E-state index is -0.191. The molecule has 1 unspecified atom stereocenters. The van der Waals surface area contributed by atoms with Gasteiger partial charge >= 0.3 is 6.03 Å². The van der Waals surface area contributed by atoms with Crippen molar-refractivity contribution in [3.8, 4) is 0 Å². The van der Waals surface area contributed by atoms with Gasteiger partial charge in [-0.3, -0.25) is 0 Å². The molecule has 2 fully saturated rings. The summed E-state index contributed by atoms with van der Waals surface area (Å²) in [5.41, 5.74) is -0.166. The third-order valence-corrected chi connectivity index (χ3v) is 5.11. The zero-order valence-electron chi connectivity index (χ0n) is 12.8. The van der Waals surface area contributed by atoms with E-state index in [0.717, 1.165) is 51.8 Å². The third kappa shape index (κ3) is 3.44. The fourth-order valence-corrected chi connectivity index (χ4v) is 3.16. The molecule has 2 aliphatic heterocycles. The van der Waals surface area contributed by atoms with Crippen molar-refractivity contribution in [2.75, 3.05) is 32.8 Å². The molecule has 2 rings (SSSR count). The van der Waals surface area contributed by atoms with Gasteiger partial charge in [0.15, 0.2) is 0 Å². The number of rotatable bonds is 4. The van der Waals surface area contributed by atoms with Crippen LogP contribution in [-0.2, 0) is 4.74 Å². The highest BCUT2D eigenvalue weighted by Crippen LogP contribution is 2.34. The number of hydrogen-bond donors (Lipinski definition) is 2. The average molecular weight is 284 g/mol. The Labute approximate surface area is 121 Å². The van der Waals surface area contributed by atoms with Crippen molar-refractivity contribution in [3.63, 3.8) is 0 Å². The van der Waals surface area contributed by atoms with Crippen LogP contribution in [0.1, 0.15) is 46.0 Å². The van der Waals surface area contributed by atoms with Gasteiger partial charge in [0.2, 0.25) is 0 Å². The van der Waals surface area contributed by atoms with Gasteiger partial charge < -0.3 is 20.1 Å². The zero-order chi connectivity index (χ0) is 14.6. The number of ether oxygens (including phenoxy) is 1. The van der Waals surface area contributed by atoms with E-state index < -0.39 is 0 Å². The molecule has 0 radical (unpaired) electrons. The van der Waals surface area contributed by atoms with Crippen molar-refractivity contribution < 1.29 is 14.6 Å². The molecule has 0 aliphatic carbocycles. The Kier molecular flexibility index (Phi) is 4.91. The summed E-state index contributed by atoms with van der Waals surface area (Å²) in [4.78, 5) is 14.0. The average Bonchev–Trinajstić information content (AvgIpc) is 2.92. The molecule has 20 heavy (non-hydrogen) atoms. The number of likely N-dealkylation sites (tertiary alicyclic amines) is 1. The SMILES string of the molecule is CCC1(CO)CCN(C(=O)NCC2(C)CCCO2)CC1. The number of urea groups is 1. The summed E-state index contributed by atoms with van der Waals surface area (Å²) in [5.74, 6) is 0. The highest BCUT2D eigenvalue weighted by molar-refractivity contribution is 5.74. The predicted octanol–water partition coefficient (Wildman–Crippen LogP) is 1.75. The molecule has 2 aliphatic rings. The molecule has 0 aromatic rings. The van der Waals surface area contributed by atoms with Crippen molar-refractivity contribution in [1.29, 1.82) is 0 Å². The molecule has 2 saturated heterocycles. The quantitative estimate of drug-likeness (QED) is 0.827. The van der Waals surface area contributed by atoms with Gasteiger partial charge in [0.1, 0.15) is 0 Å². The van der Waals surface area contributed by atoms with Crippen LogP contribution in [-0.4, -0.2) is 54.5 Å². The fourth-order valence-electron chi connectivity index (χ4n) is 3.16. The van der Waals surface area contributed by atoms with Crippen LogP contribution >= 0.6 is 0 Å². The zero-order valence-corrected chi connectivity index (χ0v) is 12.8. The van der Waals surface area contributed by atoms with E-state index in [1.807, 2.05) is 4.90 Å². The number of nitrogens with one attached hydrogen (secondary N) is 1. The molecule has 0 aromatic heterocycles. The molecule has 1 atom stereocenters. The lowest BCUT2D eigenvalue weighted by atomic mass is 9.77. The molecule has 116 valence electrons. The lowest BCUT2D eigenvalue weighted by Gasteiger charge is -2.40. The maximum atomic E-state index is 12.2. The summed E-state index contributed by atoms with van der Waals surface area (Å²) in [6, 6.07) is 0.00404. The second-order valence-corrected chi connectivity index (χ2v) is 6.56. The summed E-state index contributed by atoms with van der Waals surface area (Å²) in [6.45, 7) is 7.25. The van der Waals surface area contributed by atoms with Crippen LogP contribution in [0.3, 0.4) is 0 Å². The van der Waals surface area contributed by atoms with E-state index in [2.05, 4.69) is 19.2 Å². The normalized spacial score (nSPS) is 29.4. The number of aliphatic hydroxyl groups is 1. The van der Waals surface area contributed by atoms with Crippen molar-refractivity contribution in [2.24, 2.45) is 5.41 Å². The van der Waals surface area contributed by atoms with Crippen molar-refractivity contribution in [3.05, 3.63) is 0 Å². The summed E-state index contributed by atoms with van der Waals surface area (Å²) in [5, 5.41) is 12.5. The van der Waals surface area contributed by atoms with Gasteiger partial charge in [-0.2, -0.15) is 0 Å². The molecule has 5 heteroatoms. The standard InChI is InChI=1S/C15H28N2O3/c1-3-15(12-18)6-8-17(9-7-15)13(19)16-11-14(2)5-4-10-20-14/h18H,3-12H2,1-2H3,(H,16,19). The highest BCUT2D eigenvalue weighted by atomic mass is 16.5. The molecule has 5 nitrogen and oxygen atoms in total. The minimum Gasteiger partial charge on any atom is -0.396 e. The molecule has 2 amide bonds. The lowest BCUT2D eigenvalue weighted by molar-refractivity contribution is 0.0196. The van der Waals surface area contributed by atoms with E-state index in [1.165, 1.54) is 0 Å². The first kappa shape index (κ1) is 15.6. The molecule has 0 saturated carbocycles. The Bertz CT molecular complexity index is 326. The maximum absolute atomic E-state index is 12.2. The number of nitrogens with zero attached hydrogens (tertiary/aromatic N) is 1. The number of piperidine rings is 1. The van der Waals surface area contributed by atoms with Crippen LogP contribution < -0.4 is 5.32 Å². The molecule has 0 bridgehead atoms. The molecular weight excluding hydrogens is 256 g/mol. The molecule has 0 aromatic carbocycles. The third-order valence-electron chi connectivity index (χ3n) is 5.11.